The molecule has 2 atom stereocenters. The maximum atomic E-state index is 11.9. The van der Waals surface area contributed by atoms with Crippen LogP contribution in [-0.4, -0.2) is 31.2 Å². The van der Waals surface area contributed by atoms with Gasteiger partial charge in [-0.05, 0) is 37.5 Å². The molecule has 2 unspecified atom stereocenters. The van der Waals surface area contributed by atoms with Crippen LogP contribution < -0.4 is 11.1 Å². The minimum Gasteiger partial charge on any atom is -0.364 e. The Morgan fingerprint density at radius 2 is 1.94 bits per heavy atom. The summed E-state index contributed by atoms with van der Waals surface area (Å²) in [4.78, 5) is 11.9. The second-order valence-corrected chi connectivity index (χ2v) is 5.93. The SMILES string of the molecule is CC1CCC(CNC(=O)C2CCC(CN)O2)CC1. The Kier molecular flexibility index (Phi) is 5.01. The third kappa shape index (κ3) is 3.69. The zero-order chi connectivity index (χ0) is 13.0. The van der Waals surface area contributed by atoms with Gasteiger partial charge in [-0.2, -0.15) is 0 Å². The van der Waals surface area contributed by atoms with Crippen LogP contribution in [-0.2, 0) is 9.53 Å². The summed E-state index contributed by atoms with van der Waals surface area (Å²) in [5, 5.41) is 3.05. The first-order chi connectivity index (χ1) is 8.69. The highest BCUT2D eigenvalue weighted by molar-refractivity contribution is 5.81. The molecule has 104 valence electrons. The van der Waals surface area contributed by atoms with E-state index in [1.807, 2.05) is 0 Å². The Balaban J connectivity index is 1.66. The number of hydrogen-bond donors (Lipinski definition) is 2. The van der Waals surface area contributed by atoms with E-state index in [0.29, 0.717) is 12.5 Å². The van der Waals surface area contributed by atoms with Gasteiger partial charge in [-0.3, -0.25) is 4.79 Å². The molecule has 0 spiro atoms. The number of rotatable bonds is 4. The smallest absolute Gasteiger partial charge is 0.249 e. The molecule has 0 bridgehead atoms. The Bertz CT molecular complexity index is 275. The van der Waals surface area contributed by atoms with Gasteiger partial charge < -0.3 is 15.8 Å². The molecule has 0 aromatic rings. The summed E-state index contributed by atoms with van der Waals surface area (Å²) < 4.78 is 5.59. The first kappa shape index (κ1) is 13.8. The van der Waals surface area contributed by atoms with Gasteiger partial charge in [0.2, 0.25) is 5.91 Å². The Morgan fingerprint density at radius 1 is 1.22 bits per heavy atom. The van der Waals surface area contributed by atoms with E-state index >= 15 is 0 Å². The molecular weight excluding hydrogens is 228 g/mol. The number of ether oxygens (including phenoxy) is 1. The minimum absolute atomic E-state index is 0.0598. The van der Waals surface area contributed by atoms with E-state index in [2.05, 4.69) is 12.2 Å². The van der Waals surface area contributed by atoms with Crippen molar-refractivity contribution < 1.29 is 9.53 Å². The third-order valence-electron chi connectivity index (χ3n) is 4.36. The van der Waals surface area contributed by atoms with Gasteiger partial charge in [0.05, 0.1) is 6.10 Å². The van der Waals surface area contributed by atoms with Crippen molar-refractivity contribution in [1.29, 1.82) is 0 Å². The number of carbonyl (C=O) groups is 1. The topological polar surface area (TPSA) is 64.4 Å². The molecule has 2 aliphatic rings. The average molecular weight is 254 g/mol. The lowest BCUT2D eigenvalue weighted by atomic mass is 9.83. The summed E-state index contributed by atoms with van der Waals surface area (Å²) in [5.74, 6) is 1.59. The summed E-state index contributed by atoms with van der Waals surface area (Å²) in [6.45, 7) is 3.65. The second-order valence-electron chi connectivity index (χ2n) is 5.93. The molecular formula is C14H26N2O2. The predicted octanol–water partition coefficient (Wildman–Crippen LogP) is 1.44. The van der Waals surface area contributed by atoms with Crippen molar-refractivity contribution in [2.45, 2.75) is 57.7 Å². The van der Waals surface area contributed by atoms with Crippen LogP contribution >= 0.6 is 0 Å². The molecule has 2 fully saturated rings. The standard InChI is InChI=1S/C14H26N2O2/c1-10-2-4-11(5-3-10)9-16-14(17)13-7-6-12(8-15)18-13/h10-13H,2-9,15H2,1H3,(H,16,17). The van der Waals surface area contributed by atoms with Crippen LogP contribution in [0.15, 0.2) is 0 Å². The van der Waals surface area contributed by atoms with E-state index in [4.69, 9.17) is 10.5 Å². The van der Waals surface area contributed by atoms with Crippen LogP contribution in [0, 0.1) is 11.8 Å². The average Bonchev–Trinajstić information content (AvgIpc) is 2.86. The van der Waals surface area contributed by atoms with E-state index in [-0.39, 0.29) is 18.1 Å². The molecule has 4 heteroatoms. The maximum absolute atomic E-state index is 11.9. The molecule has 0 aromatic heterocycles. The van der Waals surface area contributed by atoms with Gasteiger partial charge in [0.25, 0.3) is 0 Å². The van der Waals surface area contributed by atoms with Crippen LogP contribution in [0.25, 0.3) is 0 Å². The molecule has 0 aromatic carbocycles. The maximum Gasteiger partial charge on any atom is 0.249 e. The van der Waals surface area contributed by atoms with Crippen molar-refractivity contribution in [1.82, 2.24) is 5.32 Å². The lowest BCUT2D eigenvalue weighted by Gasteiger charge is -2.26. The van der Waals surface area contributed by atoms with Gasteiger partial charge in [-0.15, -0.1) is 0 Å². The van der Waals surface area contributed by atoms with Crippen molar-refractivity contribution >= 4 is 5.91 Å². The Hall–Kier alpha value is -0.610. The molecule has 1 saturated carbocycles. The van der Waals surface area contributed by atoms with Gasteiger partial charge in [-0.25, -0.2) is 0 Å². The van der Waals surface area contributed by atoms with E-state index in [9.17, 15) is 4.79 Å². The van der Waals surface area contributed by atoms with Gasteiger partial charge in [0.15, 0.2) is 0 Å². The van der Waals surface area contributed by atoms with Gasteiger partial charge in [0, 0.05) is 13.1 Å². The first-order valence-corrected chi connectivity index (χ1v) is 7.32. The Labute approximate surface area is 110 Å². The molecule has 0 radical (unpaired) electrons. The fourth-order valence-electron chi connectivity index (χ4n) is 2.96. The molecule has 2 rings (SSSR count). The van der Waals surface area contributed by atoms with Crippen LogP contribution in [0.5, 0.6) is 0 Å². The fraction of sp³-hybridized carbons (Fsp3) is 0.929. The summed E-state index contributed by atoms with van der Waals surface area (Å²) in [6.07, 6.45) is 6.64. The van der Waals surface area contributed by atoms with E-state index in [0.717, 1.165) is 25.3 Å². The number of hydrogen-bond acceptors (Lipinski definition) is 3. The van der Waals surface area contributed by atoms with Crippen LogP contribution in [0.2, 0.25) is 0 Å². The summed E-state index contributed by atoms with van der Waals surface area (Å²) in [7, 11) is 0. The quantitative estimate of drug-likeness (QED) is 0.798. The Morgan fingerprint density at radius 3 is 2.56 bits per heavy atom. The summed E-state index contributed by atoms with van der Waals surface area (Å²) >= 11 is 0. The fourth-order valence-corrected chi connectivity index (χ4v) is 2.96. The number of nitrogens with one attached hydrogen (secondary N) is 1. The molecule has 1 heterocycles. The van der Waals surface area contributed by atoms with Crippen molar-refractivity contribution in [2.24, 2.45) is 17.6 Å². The molecule has 1 aliphatic heterocycles. The number of carbonyl (C=O) groups excluding carboxylic acids is 1. The van der Waals surface area contributed by atoms with Crippen LogP contribution in [0.1, 0.15) is 45.4 Å². The zero-order valence-corrected chi connectivity index (χ0v) is 11.4. The highest BCUT2D eigenvalue weighted by Crippen LogP contribution is 2.27. The van der Waals surface area contributed by atoms with E-state index < -0.39 is 0 Å². The highest BCUT2D eigenvalue weighted by atomic mass is 16.5. The van der Waals surface area contributed by atoms with Crippen molar-refractivity contribution in [3.8, 4) is 0 Å². The van der Waals surface area contributed by atoms with Gasteiger partial charge >= 0.3 is 0 Å². The summed E-state index contributed by atoms with van der Waals surface area (Å²) in [5.41, 5.74) is 5.54. The lowest BCUT2D eigenvalue weighted by Crippen LogP contribution is -2.38. The minimum atomic E-state index is -0.263. The number of nitrogens with two attached hydrogens (primary N) is 1. The highest BCUT2D eigenvalue weighted by Gasteiger charge is 2.30. The molecule has 18 heavy (non-hydrogen) atoms. The third-order valence-corrected chi connectivity index (χ3v) is 4.36. The largest absolute Gasteiger partial charge is 0.364 e. The second kappa shape index (κ2) is 6.53. The molecule has 3 N–H and O–H groups in total. The molecule has 1 aliphatic carbocycles. The molecule has 4 nitrogen and oxygen atoms in total. The van der Waals surface area contributed by atoms with Crippen molar-refractivity contribution in [3.05, 3.63) is 0 Å². The zero-order valence-electron chi connectivity index (χ0n) is 11.4. The van der Waals surface area contributed by atoms with E-state index in [1.165, 1.54) is 25.7 Å². The monoisotopic (exact) mass is 254 g/mol. The molecule has 1 amide bonds. The first-order valence-electron chi connectivity index (χ1n) is 7.32. The number of amides is 1. The summed E-state index contributed by atoms with van der Waals surface area (Å²) in [6, 6.07) is 0. The van der Waals surface area contributed by atoms with Crippen LogP contribution in [0.4, 0.5) is 0 Å². The predicted molar refractivity (Wildman–Crippen MR) is 71.1 cm³/mol. The lowest BCUT2D eigenvalue weighted by molar-refractivity contribution is -0.132. The van der Waals surface area contributed by atoms with Crippen molar-refractivity contribution in [3.63, 3.8) is 0 Å². The van der Waals surface area contributed by atoms with Gasteiger partial charge in [-0.1, -0.05) is 19.8 Å². The van der Waals surface area contributed by atoms with E-state index in [1.54, 1.807) is 0 Å². The molecule has 1 saturated heterocycles. The normalized spacial score (nSPS) is 36.6. The van der Waals surface area contributed by atoms with Gasteiger partial charge in [0.1, 0.15) is 6.10 Å². The van der Waals surface area contributed by atoms with Crippen molar-refractivity contribution in [2.75, 3.05) is 13.1 Å². The van der Waals surface area contributed by atoms with Crippen LogP contribution in [0.3, 0.4) is 0 Å².